The summed E-state index contributed by atoms with van der Waals surface area (Å²) in [6.07, 6.45) is -5.40. The third kappa shape index (κ3) is 5.84. The van der Waals surface area contributed by atoms with E-state index in [0.717, 1.165) is 4.90 Å². The van der Waals surface area contributed by atoms with Crippen molar-refractivity contribution in [1.82, 2.24) is 15.0 Å². The van der Waals surface area contributed by atoms with Gasteiger partial charge in [0.25, 0.3) is 15.9 Å². The SMILES string of the molecule is CN1C(=O)N/C(=C\c2ccc(S(=O)(=O)N/N=C/C(O)C(O)C(O)C(O)CO)cc2)C1=O. The number of nitrogens with one attached hydrogen (secondary N) is 2. The molecule has 1 aromatic carbocycles. The van der Waals surface area contributed by atoms with Crippen LogP contribution >= 0.6 is 0 Å². The van der Waals surface area contributed by atoms with Gasteiger partial charge in [0.15, 0.2) is 0 Å². The Bertz CT molecular complexity index is 978. The lowest BCUT2D eigenvalue weighted by molar-refractivity contribution is -0.121. The number of benzene rings is 1. The molecule has 14 heteroatoms. The second kappa shape index (κ2) is 9.95. The Kier molecular flexibility index (Phi) is 7.83. The normalized spacial score (nSPS) is 20.1. The van der Waals surface area contributed by atoms with Crippen LogP contribution in [-0.4, -0.2) is 95.1 Å². The average Bonchev–Trinajstić information content (AvgIpc) is 2.98. The minimum absolute atomic E-state index is 0.0341. The molecule has 3 amide bonds. The van der Waals surface area contributed by atoms with E-state index in [1.165, 1.54) is 37.4 Å². The highest BCUT2D eigenvalue weighted by molar-refractivity contribution is 7.89. The molecule has 0 spiro atoms. The summed E-state index contributed by atoms with van der Waals surface area (Å²) < 4.78 is 24.5. The van der Waals surface area contributed by atoms with Gasteiger partial charge in [-0.25, -0.2) is 9.63 Å². The number of hydrogen-bond acceptors (Lipinski definition) is 10. The van der Waals surface area contributed by atoms with Gasteiger partial charge >= 0.3 is 6.03 Å². The molecule has 0 bridgehead atoms. The van der Waals surface area contributed by atoms with Gasteiger partial charge in [0.2, 0.25) is 0 Å². The highest BCUT2D eigenvalue weighted by atomic mass is 32.2. The van der Waals surface area contributed by atoms with Crippen LogP contribution in [0.1, 0.15) is 5.56 Å². The molecular formula is C17H22N4O9S. The van der Waals surface area contributed by atoms with Gasteiger partial charge in [0.1, 0.15) is 30.1 Å². The number of imide groups is 1. The van der Waals surface area contributed by atoms with Gasteiger partial charge in [-0.15, -0.1) is 0 Å². The smallest absolute Gasteiger partial charge is 0.328 e. The fourth-order valence-electron chi connectivity index (χ4n) is 2.39. The van der Waals surface area contributed by atoms with Crippen LogP contribution in [0.4, 0.5) is 4.79 Å². The van der Waals surface area contributed by atoms with Crippen molar-refractivity contribution in [2.75, 3.05) is 13.7 Å². The number of aliphatic hydroxyl groups is 5. The van der Waals surface area contributed by atoms with Crippen LogP contribution in [0.15, 0.2) is 40.0 Å². The summed E-state index contributed by atoms with van der Waals surface area (Å²) in [7, 11) is -2.84. The average molecular weight is 458 g/mol. The summed E-state index contributed by atoms with van der Waals surface area (Å²) in [5.74, 6) is -0.532. The van der Waals surface area contributed by atoms with Crippen molar-refractivity contribution in [1.29, 1.82) is 0 Å². The Morgan fingerprint density at radius 1 is 1.13 bits per heavy atom. The number of hydrazone groups is 1. The first kappa shape index (κ1) is 24.4. The molecule has 1 heterocycles. The number of rotatable bonds is 9. The van der Waals surface area contributed by atoms with E-state index in [2.05, 4.69) is 10.4 Å². The lowest BCUT2D eigenvalue weighted by atomic mass is 10.0. The topological polar surface area (TPSA) is 209 Å². The van der Waals surface area contributed by atoms with Crippen LogP contribution in [0, 0.1) is 0 Å². The zero-order valence-electron chi connectivity index (χ0n) is 16.2. The molecule has 2 rings (SSSR count). The van der Waals surface area contributed by atoms with Gasteiger partial charge in [-0.1, -0.05) is 12.1 Å². The second-order valence-electron chi connectivity index (χ2n) is 6.52. The summed E-state index contributed by atoms with van der Waals surface area (Å²) in [6.45, 7) is -0.862. The molecule has 4 unspecified atom stereocenters. The third-order valence-electron chi connectivity index (χ3n) is 4.26. The fraction of sp³-hybridized carbons (Fsp3) is 0.353. The maximum atomic E-state index is 12.2. The molecule has 31 heavy (non-hydrogen) atoms. The Labute approximate surface area is 177 Å². The van der Waals surface area contributed by atoms with E-state index in [0.29, 0.717) is 11.8 Å². The van der Waals surface area contributed by atoms with E-state index in [4.69, 9.17) is 5.11 Å². The number of amides is 3. The largest absolute Gasteiger partial charge is 0.394 e. The lowest BCUT2D eigenvalue weighted by Gasteiger charge is -2.23. The van der Waals surface area contributed by atoms with Crippen LogP contribution in [0.5, 0.6) is 0 Å². The van der Waals surface area contributed by atoms with Gasteiger partial charge < -0.3 is 30.8 Å². The Morgan fingerprint density at radius 2 is 1.74 bits per heavy atom. The molecule has 1 aliphatic rings. The van der Waals surface area contributed by atoms with E-state index in [-0.39, 0.29) is 10.6 Å². The number of sulfonamides is 1. The van der Waals surface area contributed by atoms with E-state index in [1.807, 2.05) is 0 Å². The summed E-state index contributed by atoms with van der Waals surface area (Å²) in [5.41, 5.74) is 0.475. The molecule has 1 fully saturated rings. The van der Waals surface area contributed by atoms with Crippen molar-refractivity contribution in [3.63, 3.8) is 0 Å². The first-order valence-corrected chi connectivity index (χ1v) is 10.2. The first-order chi connectivity index (χ1) is 14.5. The number of carbonyl (C=O) groups is 2. The highest BCUT2D eigenvalue weighted by Gasteiger charge is 2.30. The van der Waals surface area contributed by atoms with Gasteiger partial charge in [-0.2, -0.15) is 13.5 Å². The molecule has 0 aliphatic carbocycles. The van der Waals surface area contributed by atoms with Crippen LogP contribution in [0.25, 0.3) is 6.08 Å². The van der Waals surface area contributed by atoms with E-state index < -0.39 is 53.0 Å². The zero-order chi connectivity index (χ0) is 23.3. The highest BCUT2D eigenvalue weighted by Crippen LogP contribution is 2.15. The van der Waals surface area contributed by atoms with Crippen molar-refractivity contribution in [3.8, 4) is 0 Å². The van der Waals surface area contributed by atoms with E-state index in [9.17, 15) is 38.4 Å². The molecule has 1 saturated heterocycles. The van der Waals surface area contributed by atoms with Crippen LogP contribution in [-0.2, 0) is 14.8 Å². The van der Waals surface area contributed by atoms with Gasteiger partial charge in [-0.05, 0) is 23.8 Å². The van der Waals surface area contributed by atoms with Crippen LogP contribution < -0.4 is 10.1 Å². The van der Waals surface area contributed by atoms with Crippen molar-refractivity contribution in [2.45, 2.75) is 29.3 Å². The molecule has 0 aromatic heterocycles. The van der Waals surface area contributed by atoms with Crippen molar-refractivity contribution >= 4 is 34.3 Å². The van der Waals surface area contributed by atoms with E-state index in [1.54, 1.807) is 4.83 Å². The predicted molar refractivity (Wildman–Crippen MR) is 106 cm³/mol. The number of carbonyl (C=O) groups excluding carboxylic acids is 2. The monoisotopic (exact) mass is 458 g/mol. The van der Waals surface area contributed by atoms with Crippen molar-refractivity contribution in [3.05, 3.63) is 35.5 Å². The number of hydrogen-bond donors (Lipinski definition) is 7. The molecule has 4 atom stereocenters. The summed E-state index contributed by atoms with van der Waals surface area (Å²) in [6, 6.07) is 4.61. The minimum Gasteiger partial charge on any atom is -0.394 e. The number of nitrogens with zero attached hydrogens (tertiary/aromatic N) is 2. The van der Waals surface area contributed by atoms with Gasteiger partial charge in [-0.3, -0.25) is 9.69 Å². The standard InChI is InChI=1S/C17H22N4O9S/c1-21-16(27)11(19-17(21)28)6-9-2-4-10(5-3-9)31(29,30)20-18-7-12(23)14(25)15(26)13(24)8-22/h2-7,12-15,20,22-26H,8H2,1H3,(H,19,28)/b11-6-,18-7+. The minimum atomic E-state index is -4.15. The number of likely N-dealkylation sites (N-methyl/N-ethyl adjacent to an activating group) is 1. The molecule has 1 aromatic rings. The quantitative estimate of drug-likeness (QED) is 0.0864. The Hall–Kier alpha value is -2.88. The molecular weight excluding hydrogens is 436 g/mol. The van der Waals surface area contributed by atoms with Crippen molar-refractivity contribution < 1.29 is 43.5 Å². The summed E-state index contributed by atoms with van der Waals surface area (Å²) >= 11 is 0. The van der Waals surface area contributed by atoms with Gasteiger partial charge in [0.05, 0.1) is 17.7 Å². The maximum absolute atomic E-state index is 12.2. The second-order valence-corrected chi connectivity index (χ2v) is 8.18. The van der Waals surface area contributed by atoms with E-state index >= 15 is 0 Å². The lowest BCUT2D eigenvalue weighted by Crippen LogP contribution is -2.46. The molecule has 13 nitrogen and oxygen atoms in total. The van der Waals surface area contributed by atoms with Crippen LogP contribution in [0.3, 0.4) is 0 Å². The molecule has 170 valence electrons. The maximum Gasteiger partial charge on any atom is 0.328 e. The fourth-order valence-corrected chi connectivity index (χ4v) is 3.19. The zero-order valence-corrected chi connectivity index (χ0v) is 17.0. The first-order valence-electron chi connectivity index (χ1n) is 8.77. The Morgan fingerprint density at radius 3 is 2.26 bits per heavy atom. The van der Waals surface area contributed by atoms with Gasteiger partial charge in [0, 0.05) is 7.05 Å². The summed E-state index contributed by atoms with van der Waals surface area (Å²) in [5, 5.41) is 52.4. The number of urea groups is 1. The molecule has 0 saturated carbocycles. The molecule has 0 radical (unpaired) electrons. The summed E-state index contributed by atoms with van der Waals surface area (Å²) in [4.78, 5) is 25.7. The van der Waals surface area contributed by atoms with Crippen LogP contribution in [0.2, 0.25) is 0 Å². The third-order valence-corrected chi connectivity index (χ3v) is 5.50. The number of aliphatic hydroxyl groups excluding tert-OH is 5. The molecule has 7 N–H and O–H groups in total. The van der Waals surface area contributed by atoms with Crippen molar-refractivity contribution in [2.24, 2.45) is 5.10 Å². The molecule has 1 aliphatic heterocycles. The predicted octanol–water partition coefficient (Wildman–Crippen LogP) is -3.09. The Balaban J connectivity index is 2.04.